The summed E-state index contributed by atoms with van der Waals surface area (Å²) in [4.78, 5) is 12.5. The van der Waals surface area contributed by atoms with E-state index in [-0.39, 0.29) is 5.63 Å². The number of allylic oxidation sites excluding steroid dienone is 7. The standard InChI is InChI=1S/C61H87F7O5Si2/c1-17-26-50-34-36-53(71-57(50)70)48(12)55(69)47(11)28-25-27-43(7)39-45(9)40-44(8)33-35-54(72-75(58(14,15)16,51-29-21-19-22-30-51)52-31-23-20-24-32-52)49(13)56(46(10)18-2)73-74(41(3)4,42(5)6)38-37-59(62,63)60(64,65)61(66,67)68/h18-24,27-34,36,40-42,48-49,54-56,69H,17,25-26,35,37-39H2,1-16H3/b43-27+,44-33+,45-40+,46-18+,47-28+/t48-,49-,54-,55+,56-/m0/s1. The summed E-state index contributed by atoms with van der Waals surface area (Å²) in [5.74, 6) is -12.0. The maximum Gasteiger partial charge on any atom is 0.459 e. The monoisotopic (exact) mass is 1090 g/mol. The van der Waals surface area contributed by atoms with Crippen molar-refractivity contribution < 1.29 is 49.1 Å². The number of hydrogen-bond donors (Lipinski definition) is 1. The van der Waals surface area contributed by atoms with Gasteiger partial charge in [-0.1, -0.05) is 183 Å². The van der Waals surface area contributed by atoms with E-state index >= 15 is 8.78 Å². The zero-order valence-corrected chi connectivity index (χ0v) is 49.5. The normalized spacial score (nSPS) is 16.6. The summed E-state index contributed by atoms with van der Waals surface area (Å²) < 4.78 is 120. The molecule has 3 rings (SSSR count). The number of aryl methyl sites for hydroxylation is 1. The van der Waals surface area contributed by atoms with Crippen LogP contribution >= 0.6 is 0 Å². The molecule has 0 spiro atoms. The van der Waals surface area contributed by atoms with Crippen LogP contribution in [-0.2, 0) is 15.3 Å². The summed E-state index contributed by atoms with van der Waals surface area (Å²) in [7, 11) is -6.90. The largest absolute Gasteiger partial charge is 0.459 e. The number of aliphatic hydroxyl groups is 1. The maximum atomic E-state index is 15.2. The van der Waals surface area contributed by atoms with Gasteiger partial charge in [0.25, 0.3) is 8.32 Å². The van der Waals surface area contributed by atoms with Gasteiger partial charge in [-0.2, -0.15) is 30.7 Å². The Bertz CT molecular complexity index is 2440. The van der Waals surface area contributed by atoms with Gasteiger partial charge in [0.15, 0.2) is 8.32 Å². The van der Waals surface area contributed by atoms with E-state index in [1.165, 1.54) is 0 Å². The van der Waals surface area contributed by atoms with Crippen molar-refractivity contribution >= 4 is 27.0 Å². The van der Waals surface area contributed by atoms with Crippen molar-refractivity contribution in [3.05, 3.63) is 153 Å². The molecule has 0 aliphatic rings. The molecular formula is C61H87F7O5Si2. The van der Waals surface area contributed by atoms with Gasteiger partial charge in [-0.3, -0.25) is 0 Å². The first kappa shape index (κ1) is 65.2. The predicted molar refractivity (Wildman–Crippen MR) is 300 cm³/mol. The van der Waals surface area contributed by atoms with Crippen molar-refractivity contribution in [2.45, 2.75) is 214 Å². The second-order valence-corrected chi connectivity index (χ2v) is 31.7. The van der Waals surface area contributed by atoms with Gasteiger partial charge in [-0.25, -0.2) is 4.79 Å². The Morgan fingerprint density at radius 3 is 1.75 bits per heavy atom. The van der Waals surface area contributed by atoms with Gasteiger partial charge in [-0.15, -0.1) is 0 Å². The molecular weight excluding hydrogens is 1000 g/mol. The summed E-state index contributed by atoms with van der Waals surface area (Å²) in [6.45, 7) is 31.3. The van der Waals surface area contributed by atoms with E-state index in [0.717, 1.165) is 44.7 Å². The molecule has 1 aromatic heterocycles. The number of hydrogen-bond acceptors (Lipinski definition) is 5. The number of aliphatic hydroxyl groups excluding tert-OH is 1. The first-order valence-corrected chi connectivity index (χ1v) is 30.8. The summed E-state index contributed by atoms with van der Waals surface area (Å²) in [6.07, 6.45) is 3.10. The minimum absolute atomic E-state index is 0.367. The lowest BCUT2D eigenvalue weighted by atomic mass is 9.91. The fourth-order valence-corrected chi connectivity index (χ4v) is 19.9. The van der Waals surface area contributed by atoms with Crippen LogP contribution in [0.4, 0.5) is 30.7 Å². The predicted octanol–water partition coefficient (Wildman–Crippen LogP) is 16.9. The van der Waals surface area contributed by atoms with Crippen molar-refractivity contribution in [1.82, 2.24) is 0 Å². The van der Waals surface area contributed by atoms with Crippen molar-refractivity contribution in [3.8, 4) is 0 Å². The molecule has 1 N–H and O–H groups in total. The van der Waals surface area contributed by atoms with Crippen molar-refractivity contribution in [2.24, 2.45) is 5.92 Å². The second kappa shape index (κ2) is 27.5. The SMILES string of the molecule is C/C=C(\C)[C@H](O[Si](CCC(F)(F)C(F)(F)C(F)(F)F)(C(C)C)C(C)C)[C@@H](C)[C@H](C/C=C(C)/C=C(\C)C/C(C)=C/C/C=C(\C)[C@@H](O)[C@@H](C)c1ccc(CCC)c(=O)o1)O[Si](c1ccccc1)(c1ccccc1)C(C)(C)C. The lowest BCUT2D eigenvalue weighted by molar-refractivity contribution is -0.354. The third-order valence-corrected chi connectivity index (χ3v) is 25.8. The molecule has 0 amide bonds. The molecule has 0 saturated heterocycles. The van der Waals surface area contributed by atoms with Crippen LogP contribution < -0.4 is 16.0 Å². The number of halogens is 7. The van der Waals surface area contributed by atoms with Crippen molar-refractivity contribution in [1.29, 1.82) is 0 Å². The van der Waals surface area contributed by atoms with Gasteiger partial charge in [0.1, 0.15) is 5.76 Å². The first-order valence-electron chi connectivity index (χ1n) is 26.6. The average Bonchev–Trinajstić information content (AvgIpc) is 3.33. The Kier molecular flexibility index (Phi) is 23.9. The Balaban J connectivity index is 2.11. The molecule has 5 nitrogen and oxygen atoms in total. The lowest BCUT2D eigenvalue weighted by Crippen LogP contribution is -2.68. The summed E-state index contributed by atoms with van der Waals surface area (Å²) >= 11 is 0. The van der Waals surface area contributed by atoms with Crippen LogP contribution in [0.15, 0.2) is 140 Å². The van der Waals surface area contributed by atoms with E-state index in [4.69, 9.17) is 13.3 Å². The summed E-state index contributed by atoms with van der Waals surface area (Å²) in [5, 5.41) is 12.8. The molecule has 2 aromatic carbocycles. The summed E-state index contributed by atoms with van der Waals surface area (Å²) in [5.41, 5.74) is 4.14. The minimum atomic E-state index is -6.43. The van der Waals surface area contributed by atoms with E-state index in [2.05, 4.69) is 77.1 Å². The van der Waals surface area contributed by atoms with Crippen LogP contribution in [0.5, 0.6) is 0 Å². The van der Waals surface area contributed by atoms with Gasteiger partial charge in [-0.05, 0) is 123 Å². The smallest absolute Gasteiger partial charge is 0.427 e. The molecule has 0 aliphatic heterocycles. The van der Waals surface area contributed by atoms with Crippen LogP contribution in [0, 0.1) is 5.92 Å². The number of benzene rings is 2. The molecule has 0 saturated carbocycles. The fraction of sp³-hybridized carbons (Fsp3) is 0.557. The molecule has 1 heterocycles. The zero-order chi connectivity index (χ0) is 56.9. The second-order valence-electron chi connectivity index (χ2n) is 22.5. The first-order chi connectivity index (χ1) is 34.7. The van der Waals surface area contributed by atoms with Crippen LogP contribution in [0.1, 0.15) is 160 Å². The Morgan fingerprint density at radius 1 is 0.733 bits per heavy atom. The minimum Gasteiger partial charge on any atom is -0.427 e. The highest BCUT2D eigenvalue weighted by Gasteiger charge is 2.73. The molecule has 0 bridgehead atoms. The van der Waals surface area contributed by atoms with Crippen molar-refractivity contribution in [2.75, 3.05) is 0 Å². The molecule has 0 aliphatic carbocycles. The molecule has 3 aromatic rings. The molecule has 0 radical (unpaired) electrons. The van der Waals surface area contributed by atoms with E-state index in [1.54, 1.807) is 39.8 Å². The molecule has 0 unspecified atom stereocenters. The molecule has 14 heteroatoms. The van der Waals surface area contributed by atoms with Gasteiger partial charge in [0.2, 0.25) is 0 Å². The van der Waals surface area contributed by atoms with E-state index < -0.39 is 93.4 Å². The Labute approximate surface area is 446 Å². The van der Waals surface area contributed by atoms with Gasteiger partial charge in [0, 0.05) is 23.8 Å². The number of alkyl halides is 7. The van der Waals surface area contributed by atoms with Crippen LogP contribution in [0.2, 0.25) is 22.2 Å². The van der Waals surface area contributed by atoms with Crippen molar-refractivity contribution in [3.63, 3.8) is 0 Å². The molecule has 0 fully saturated rings. The van der Waals surface area contributed by atoms with E-state index in [1.807, 2.05) is 97.0 Å². The van der Waals surface area contributed by atoms with E-state index in [9.17, 15) is 31.9 Å². The quantitative estimate of drug-likeness (QED) is 0.0357. The highest BCUT2D eigenvalue weighted by Crippen LogP contribution is 2.51. The van der Waals surface area contributed by atoms with Gasteiger partial charge in [0.05, 0.1) is 18.3 Å². The lowest BCUT2D eigenvalue weighted by Gasteiger charge is -2.49. The summed E-state index contributed by atoms with van der Waals surface area (Å²) in [6, 6.07) is 23.2. The average molecular weight is 1090 g/mol. The van der Waals surface area contributed by atoms with Gasteiger partial charge < -0.3 is 18.4 Å². The van der Waals surface area contributed by atoms with E-state index in [0.29, 0.717) is 37.0 Å². The van der Waals surface area contributed by atoms with Crippen LogP contribution in [-0.4, -0.2) is 58.1 Å². The maximum absolute atomic E-state index is 15.2. The third-order valence-electron chi connectivity index (χ3n) is 15.1. The molecule has 75 heavy (non-hydrogen) atoms. The van der Waals surface area contributed by atoms with Crippen LogP contribution in [0.25, 0.3) is 0 Å². The Morgan fingerprint density at radius 2 is 1.28 bits per heavy atom. The fourth-order valence-electron chi connectivity index (χ4n) is 10.4. The third kappa shape index (κ3) is 16.2. The Hall–Kier alpha value is -4.09. The highest BCUT2D eigenvalue weighted by atomic mass is 28.4. The van der Waals surface area contributed by atoms with Crippen LogP contribution in [0.3, 0.4) is 0 Å². The molecule has 5 atom stereocenters. The number of rotatable bonds is 27. The topological polar surface area (TPSA) is 68.9 Å². The molecule has 418 valence electrons. The zero-order valence-electron chi connectivity index (χ0n) is 47.5. The van der Waals surface area contributed by atoms with Gasteiger partial charge >= 0.3 is 23.6 Å². The highest BCUT2D eigenvalue weighted by molar-refractivity contribution is 6.99.